The van der Waals surface area contributed by atoms with Gasteiger partial charge in [0.1, 0.15) is 18.2 Å². The van der Waals surface area contributed by atoms with Gasteiger partial charge in [-0.15, -0.1) is 0 Å². The molecule has 7 heteroatoms. The summed E-state index contributed by atoms with van der Waals surface area (Å²) in [4.78, 5) is 12.6. The van der Waals surface area contributed by atoms with Crippen molar-refractivity contribution in [2.75, 3.05) is 12.4 Å². The molecule has 3 aromatic carbocycles. The Kier molecular flexibility index (Phi) is 7.55. The van der Waals surface area contributed by atoms with Crippen molar-refractivity contribution in [2.45, 2.75) is 6.61 Å². The highest BCUT2D eigenvalue weighted by molar-refractivity contribution is 6.44. The second-order valence-electron chi connectivity index (χ2n) is 6.41. The summed E-state index contributed by atoms with van der Waals surface area (Å²) < 4.78 is 11.2. The number of hydrogen-bond acceptors (Lipinski definition) is 4. The van der Waals surface area contributed by atoms with Crippen LogP contribution in [0.2, 0.25) is 10.0 Å². The molecular formula is C24H18Cl2N2O3. The van der Waals surface area contributed by atoms with Gasteiger partial charge in [0.2, 0.25) is 0 Å². The van der Waals surface area contributed by atoms with Crippen molar-refractivity contribution < 1.29 is 14.3 Å². The van der Waals surface area contributed by atoms with Crippen molar-refractivity contribution in [1.29, 1.82) is 5.26 Å². The second-order valence-corrected chi connectivity index (χ2v) is 7.20. The number of nitriles is 1. The first-order chi connectivity index (χ1) is 15.0. The molecule has 0 bridgehead atoms. The Hall–Kier alpha value is -3.46. The Balaban J connectivity index is 1.82. The van der Waals surface area contributed by atoms with E-state index in [2.05, 4.69) is 5.32 Å². The molecule has 156 valence electrons. The molecule has 1 amide bonds. The predicted octanol–water partition coefficient (Wildman–Crippen LogP) is 6.13. The summed E-state index contributed by atoms with van der Waals surface area (Å²) in [6.07, 6.45) is 1.46. The minimum atomic E-state index is -0.603. The zero-order valence-corrected chi connectivity index (χ0v) is 18.1. The lowest BCUT2D eigenvalue weighted by Crippen LogP contribution is -2.13. The summed E-state index contributed by atoms with van der Waals surface area (Å²) in [5, 5.41) is 12.6. The van der Waals surface area contributed by atoms with E-state index in [-0.39, 0.29) is 10.6 Å². The van der Waals surface area contributed by atoms with Gasteiger partial charge in [-0.1, -0.05) is 65.7 Å². The Morgan fingerprint density at radius 3 is 2.55 bits per heavy atom. The number of rotatable bonds is 7. The highest BCUT2D eigenvalue weighted by Gasteiger charge is 2.14. The van der Waals surface area contributed by atoms with E-state index >= 15 is 0 Å². The highest BCUT2D eigenvalue weighted by atomic mass is 35.5. The monoisotopic (exact) mass is 452 g/mol. The third-order valence-corrected chi connectivity index (χ3v) is 5.12. The lowest BCUT2D eigenvalue weighted by Gasteiger charge is -2.12. The van der Waals surface area contributed by atoms with E-state index in [0.717, 1.165) is 5.56 Å². The molecule has 0 unspecified atom stereocenters. The summed E-state index contributed by atoms with van der Waals surface area (Å²) >= 11 is 12.1. The van der Waals surface area contributed by atoms with E-state index < -0.39 is 5.91 Å². The maximum Gasteiger partial charge on any atom is 0.266 e. The Morgan fingerprint density at radius 1 is 1.06 bits per heavy atom. The minimum Gasteiger partial charge on any atom is -0.493 e. The van der Waals surface area contributed by atoms with Gasteiger partial charge in [-0.05, 0) is 41.5 Å². The van der Waals surface area contributed by atoms with Gasteiger partial charge in [0.05, 0.1) is 22.8 Å². The van der Waals surface area contributed by atoms with Crippen molar-refractivity contribution in [1.82, 2.24) is 0 Å². The molecule has 0 radical (unpaired) electrons. The van der Waals surface area contributed by atoms with Crippen LogP contribution in [0.15, 0.2) is 72.3 Å². The van der Waals surface area contributed by atoms with Crippen molar-refractivity contribution in [3.63, 3.8) is 0 Å². The molecule has 3 rings (SSSR count). The third kappa shape index (κ3) is 5.79. The normalized spacial score (nSPS) is 10.8. The molecule has 0 atom stereocenters. The number of anilines is 1. The minimum absolute atomic E-state index is 0.102. The molecule has 0 aliphatic carbocycles. The molecule has 0 aliphatic heterocycles. The summed E-state index contributed by atoms with van der Waals surface area (Å²) in [7, 11) is 1.54. The van der Waals surface area contributed by atoms with Gasteiger partial charge in [-0.3, -0.25) is 4.79 Å². The topological polar surface area (TPSA) is 71.3 Å². The fourth-order valence-corrected chi connectivity index (χ4v) is 3.08. The number of methoxy groups -OCH3 is 1. The third-order valence-electron chi connectivity index (χ3n) is 4.30. The smallest absolute Gasteiger partial charge is 0.266 e. The quantitative estimate of drug-likeness (QED) is 0.345. The summed E-state index contributed by atoms with van der Waals surface area (Å²) in [6, 6.07) is 21.6. The first-order valence-electron chi connectivity index (χ1n) is 9.23. The molecule has 0 saturated carbocycles. The average Bonchev–Trinajstić information content (AvgIpc) is 2.79. The molecule has 0 spiro atoms. The number of carbonyl (C=O) groups excluding carboxylic acids is 1. The van der Waals surface area contributed by atoms with E-state index in [4.69, 9.17) is 32.7 Å². The highest BCUT2D eigenvalue weighted by Crippen LogP contribution is 2.31. The number of ether oxygens (including phenoxy) is 2. The van der Waals surface area contributed by atoms with Gasteiger partial charge in [-0.25, -0.2) is 0 Å². The van der Waals surface area contributed by atoms with Crippen molar-refractivity contribution in [3.05, 3.63) is 93.5 Å². The Morgan fingerprint density at radius 2 is 1.84 bits per heavy atom. The van der Waals surface area contributed by atoms with Crippen LogP contribution in [0, 0.1) is 11.3 Å². The molecule has 0 fully saturated rings. The van der Waals surface area contributed by atoms with Crippen LogP contribution >= 0.6 is 23.2 Å². The number of nitrogens with one attached hydrogen (secondary N) is 1. The SMILES string of the molecule is COc1ccc(/C=C(\C#N)C(=O)Nc2cccc(Cl)c2Cl)cc1OCc1ccccc1. The number of carbonyl (C=O) groups is 1. The molecular weight excluding hydrogens is 435 g/mol. The van der Waals surface area contributed by atoms with E-state index in [0.29, 0.717) is 34.4 Å². The van der Waals surface area contributed by atoms with Crippen LogP contribution in [0.4, 0.5) is 5.69 Å². The van der Waals surface area contributed by atoms with Gasteiger partial charge < -0.3 is 14.8 Å². The standard InChI is InChI=1S/C24H18Cl2N2O3/c1-30-21-11-10-17(13-22(21)31-15-16-6-3-2-4-7-16)12-18(14-27)24(29)28-20-9-5-8-19(25)23(20)26/h2-13H,15H2,1H3,(H,28,29)/b18-12+. The number of hydrogen-bond donors (Lipinski definition) is 1. The van der Waals surface area contributed by atoms with Crippen LogP contribution in [-0.2, 0) is 11.4 Å². The number of benzene rings is 3. The fraction of sp³-hybridized carbons (Fsp3) is 0.0833. The van der Waals surface area contributed by atoms with Crippen LogP contribution in [0.5, 0.6) is 11.5 Å². The molecule has 1 N–H and O–H groups in total. The van der Waals surface area contributed by atoms with E-state index in [9.17, 15) is 10.1 Å². The zero-order chi connectivity index (χ0) is 22.2. The Bertz CT molecular complexity index is 1160. The van der Waals surface area contributed by atoms with Crippen molar-refractivity contribution in [2.24, 2.45) is 0 Å². The molecule has 0 aliphatic rings. The summed E-state index contributed by atoms with van der Waals surface area (Å²) in [5.74, 6) is 0.437. The summed E-state index contributed by atoms with van der Waals surface area (Å²) in [6.45, 7) is 0.350. The van der Waals surface area contributed by atoms with Crippen LogP contribution in [0.1, 0.15) is 11.1 Å². The number of amides is 1. The molecule has 0 heterocycles. The van der Waals surface area contributed by atoms with Gasteiger partial charge in [-0.2, -0.15) is 5.26 Å². The molecule has 31 heavy (non-hydrogen) atoms. The maximum atomic E-state index is 12.6. The van der Waals surface area contributed by atoms with Crippen LogP contribution in [0.25, 0.3) is 6.08 Å². The fourth-order valence-electron chi connectivity index (χ4n) is 2.74. The lowest BCUT2D eigenvalue weighted by atomic mass is 10.1. The molecule has 3 aromatic rings. The van der Waals surface area contributed by atoms with Gasteiger partial charge in [0.25, 0.3) is 5.91 Å². The average molecular weight is 453 g/mol. The molecule has 0 aromatic heterocycles. The first kappa shape index (κ1) is 22.2. The largest absolute Gasteiger partial charge is 0.493 e. The first-order valence-corrected chi connectivity index (χ1v) is 9.99. The van der Waals surface area contributed by atoms with Gasteiger partial charge in [0, 0.05) is 0 Å². The van der Waals surface area contributed by atoms with Crippen LogP contribution in [0.3, 0.4) is 0 Å². The number of nitrogens with zero attached hydrogens (tertiary/aromatic N) is 1. The predicted molar refractivity (Wildman–Crippen MR) is 122 cm³/mol. The van der Waals surface area contributed by atoms with Crippen LogP contribution < -0.4 is 14.8 Å². The maximum absolute atomic E-state index is 12.6. The van der Waals surface area contributed by atoms with Crippen molar-refractivity contribution >= 4 is 40.9 Å². The zero-order valence-electron chi connectivity index (χ0n) is 16.6. The summed E-state index contributed by atoms with van der Waals surface area (Å²) in [5.41, 5.74) is 1.82. The number of halogens is 2. The molecule has 5 nitrogen and oxygen atoms in total. The second kappa shape index (κ2) is 10.5. The lowest BCUT2D eigenvalue weighted by molar-refractivity contribution is -0.112. The van der Waals surface area contributed by atoms with Gasteiger partial charge >= 0.3 is 0 Å². The van der Waals surface area contributed by atoms with Crippen LogP contribution in [-0.4, -0.2) is 13.0 Å². The Labute approximate surface area is 190 Å². The van der Waals surface area contributed by atoms with E-state index in [1.807, 2.05) is 36.4 Å². The van der Waals surface area contributed by atoms with E-state index in [1.165, 1.54) is 6.08 Å². The van der Waals surface area contributed by atoms with Gasteiger partial charge in [0.15, 0.2) is 11.5 Å². The molecule has 0 saturated heterocycles. The van der Waals surface area contributed by atoms with Crippen molar-refractivity contribution in [3.8, 4) is 17.6 Å². The van der Waals surface area contributed by atoms with E-state index in [1.54, 1.807) is 43.5 Å².